The highest BCUT2D eigenvalue weighted by Gasteiger charge is 2.04. The first-order chi connectivity index (χ1) is 13.2. The first kappa shape index (κ1) is 28.8. The van der Waals surface area contributed by atoms with Gasteiger partial charge in [-0.3, -0.25) is 0 Å². The van der Waals surface area contributed by atoms with E-state index in [4.69, 9.17) is 5.11 Å². The van der Waals surface area contributed by atoms with Gasteiger partial charge < -0.3 is 19.5 Å². The summed E-state index contributed by atoms with van der Waals surface area (Å²) >= 11 is 0. The molecule has 0 saturated carbocycles. The number of carbonyl (C=O) groups is 2. The summed E-state index contributed by atoms with van der Waals surface area (Å²) in [4.78, 5) is 19.0. The van der Waals surface area contributed by atoms with Crippen LogP contribution in [0.3, 0.4) is 0 Å². The first-order valence-electron chi connectivity index (χ1n) is 11.1. The van der Waals surface area contributed by atoms with Crippen molar-refractivity contribution in [2.24, 2.45) is 0 Å². The Morgan fingerprint density at radius 1 is 0.714 bits per heavy atom. The van der Waals surface area contributed by atoms with Crippen molar-refractivity contribution in [3.63, 3.8) is 0 Å². The van der Waals surface area contributed by atoms with Gasteiger partial charge in [-0.05, 0) is 18.9 Å². The quantitative estimate of drug-likeness (QED) is 0.221. The molecule has 0 unspecified atom stereocenters. The predicted octanol–water partition coefficient (Wildman–Crippen LogP) is 4.55. The molecule has 0 aliphatic rings. The second-order valence-corrected chi connectivity index (χ2v) is 8.60. The van der Waals surface area contributed by atoms with Crippen LogP contribution in [0.2, 0.25) is 0 Å². The van der Waals surface area contributed by atoms with Crippen LogP contribution >= 0.6 is 0 Å². The number of unbranched alkanes of at least 4 members (excludes halogenated alkanes) is 13. The van der Waals surface area contributed by atoms with E-state index in [2.05, 4.69) is 28.1 Å². The minimum atomic E-state index is -1.51. The number of aliphatic carboxylic acids is 2. The Balaban J connectivity index is 0. The maximum atomic E-state index is 9.53. The summed E-state index contributed by atoms with van der Waals surface area (Å²) in [6.07, 6.45) is 21.3. The van der Waals surface area contributed by atoms with Crippen LogP contribution in [-0.2, 0) is 9.59 Å². The average molecular weight is 400 g/mol. The van der Waals surface area contributed by atoms with Crippen molar-refractivity contribution in [1.29, 1.82) is 0 Å². The minimum absolute atomic E-state index is 0.447. The summed E-state index contributed by atoms with van der Waals surface area (Å²) in [6, 6.07) is 0. The van der Waals surface area contributed by atoms with Gasteiger partial charge in [0.2, 0.25) is 0 Å². The highest BCUT2D eigenvalue weighted by atomic mass is 16.4. The monoisotopic (exact) mass is 399 g/mol. The molecular weight excluding hydrogens is 354 g/mol. The van der Waals surface area contributed by atoms with Gasteiger partial charge in [0.1, 0.15) is 0 Å². The van der Waals surface area contributed by atoms with Crippen LogP contribution in [0.1, 0.15) is 96.8 Å². The Morgan fingerprint density at radius 2 is 1.07 bits per heavy atom. The summed E-state index contributed by atoms with van der Waals surface area (Å²) in [5.74, 6) is -2.80. The van der Waals surface area contributed by atoms with Crippen molar-refractivity contribution in [2.45, 2.75) is 96.8 Å². The predicted molar refractivity (Wildman–Crippen MR) is 115 cm³/mol. The third kappa shape index (κ3) is 32.3. The standard InChI is InChI=1S/C19H42N.C4H4O4/c1-5-6-7-8-9-10-11-12-13-14-15-16-17-18-19-20(2,3)4;5-3(6)1-2-4(7)8/h5-19H2,1-4H3;1-2H,(H,5,6)(H,7,8)/q+1;/p-1. The molecule has 0 atom stereocenters. The van der Waals surface area contributed by atoms with E-state index in [1.807, 2.05) is 0 Å². The van der Waals surface area contributed by atoms with Gasteiger partial charge in [0.05, 0.1) is 33.7 Å². The largest absolute Gasteiger partial charge is 0.545 e. The maximum absolute atomic E-state index is 9.53. The van der Waals surface area contributed by atoms with Crippen LogP contribution in [0.25, 0.3) is 0 Å². The van der Waals surface area contributed by atoms with Gasteiger partial charge in [-0.2, -0.15) is 0 Å². The van der Waals surface area contributed by atoms with Gasteiger partial charge in [0.15, 0.2) is 0 Å². The van der Waals surface area contributed by atoms with Crippen molar-refractivity contribution in [3.05, 3.63) is 12.2 Å². The Morgan fingerprint density at radius 3 is 1.32 bits per heavy atom. The lowest BCUT2D eigenvalue weighted by Crippen LogP contribution is -2.35. The second kappa shape index (κ2) is 20.4. The fourth-order valence-corrected chi connectivity index (χ4v) is 2.92. The molecular formula is C23H45NO4. The Hall–Kier alpha value is -1.36. The molecule has 0 amide bonds. The summed E-state index contributed by atoms with van der Waals surface area (Å²) in [5.41, 5.74) is 0. The lowest BCUT2D eigenvalue weighted by atomic mass is 10.0. The van der Waals surface area contributed by atoms with Crippen molar-refractivity contribution in [2.75, 3.05) is 27.7 Å². The lowest BCUT2D eigenvalue weighted by Gasteiger charge is -2.23. The number of nitrogens with zero attached hydrogens (tertiary/aromatic N) is 1. The topological polar surface area (TPSA) is 77.4 Å². The normalized spacial score (nSPS) is 11.3. The zero-order valence-corrected chi connectivity index (χ0v) is 18.9. The summed E-state index contributed by atoms with van der Waals surface area (Å²) in [7, 11) is 6.88. The molecule has 0 aliphatic heterocycles. The van der Waals surface area contributed by atoms with Gasteiger partial charge in [-0.15, -0.1) is 0 Å². The first-order valence-corrected chi connectivity index (χ1v) is 11.1. The zero-order chi connectivity index (χ0) is 21.7. The Kier molecular flexibility index (Phi) is 21.0. The number of carboxylic acid groups (broad SMARTS) is 2. The van der Waals surface area contributed by atoms with Gasteiger partial charge in [0.25, 0.3) is 0 Å². The van der Waals surface area contributed by atoms with Crippen LogP contribution < -0.4 is 5.11 Å². The molecule has 0 radical (unpaired) electrons. The van der Waals surface area contributed by atoms with E-state index in [1.165, 1.54) is 96.4 Å². The molecule has 0 aromatic carbocycles. The van der Waals surface area contributed by atoms with Crippen LogP contribution in [0.5, 0.6) is 0 Å². The molecule has 0 spiro atoms. The van der Waals surface area contributed by atoms with Crippen molar-refractivity contribution in [3.8, 4) is 0 Å². The molecule has 166 valence electrons. The minimum Gasteiger partial charge on any atom is -0.545 e. The van der Waals surface area contributed by atoms with Crippen LogP contribution in [-0.4, -0.2) is 49.2 Å². The highest BCUT2D eigenvalue weighted by Crippen LogP contribution is 2.13. The molecule has 0 aromatic heterocycles. The molecule has 0 fully saturated rings. The van der Waals surface area contributed by atoms with Crippen LogP contribution in [0.15, 0.2) is 12.2 Å². The molecule has 0 heterocycles. The fraction of sp³-hybridized carbons (Fsp3) is 0.826. The molecule has 0 bridgehead atoms. The number of carboxylic acids is 2. The molecule has 5 nitrogen and oxygen atoms in total. The Labute approximate surface area is 173 Å². The molecule has 0 rings (SSSR count). The van der Waals surface area contributed by atoms with E-state index in [-0.39, 0.29) is 0 Å². The van der Waals surface area contributed by atoms with Crippen molar-refractivity contribution >= 4 is 11.9 Å². The summed E-state index contributed by atoms with van der Waals surface area (Å²) in [6.45, 7) is 3.63. The molecule has 0 aliphatic carbocycles. The number of rotatable bonds is 17. The van der Waals surface area contributed by atoms with Gasteiger partial charge in [-0.25, -0.2) is 4.79 Å². The maximum Gasteiger partial charge on any atom is 0.328 e. The molecule has 0 aromatic rings. The molecule has 0 saturated heterocycles. The zero-order valence-electron chi connectivity index (χ0n) is 18.9. The third-order valence-corrected chi connectivity index (χ3v) is 4.54. The SMILES string of the molecule is CCCCCCCCCCCCCCCC[N+](C)(C)C.O=C([O-])C=CC(=O)O. The number of quaternary nitrogens is 1. The van der Waals surface area contributed by atoms with E-state index in [0.29, 0.717) is 12.2 Å². The van der Waals surface area contributed by atoms with Crippen molar-refractivity contribution < 1.29 is 24.3 Å². The van der Waals surface area contributed by atoms with Crippen LogP contribution in [0.4, 0.5) is 0 Å². The number of carbonyl (C=O) groups excluding carboxylic acids is 1. The molecule has 1 N–H and O–H groups in total. The lowest BCUT2D eigenvalue weighted by molar-refractivity contribution is -0.870. The van der Waals surface area contributed by atoms with E-state index in [9.17, 15) is 14.7 Å². The summed E-state index contributed by atoms with van der Waals surface area (Å²) in [5, 5.41) is 17.2. The van der Waals surface area contributed by atoms with E-state index < -0.39 is 11.9 Å². The van der Waals surface area contributed by atoms with Crippen LogP contribution in [0, 0.1) is 0 Å². The number of hydrogen-bond donors (Lipinski definition) is 1. The fourth-order valence-electron chi connectivity index (χ4n) is 2.92. The molecule has 28 heavy (non-hydrogen) atoms. The van der Waals surface area contributed by atoms with Gasteiger partial charge >= 0.3 is 5.97 Å². The van der Waals surface area contributed by atoms with Gasteiger partial charge in [0, 0.05) is 6.08 Å². The van der Waals surface area contributed by atoms with Crippen molar-refractivity contribution in [1.82, 2.24) is 0 Å². The smallest absolute Gasteiger partial charge is 0.328 e. The average Bonchev–Trinajstić information content (AvgIpc) is 2.60. The highest BCUT2D eigenvalue weighted by molar-refractivity contribution is 5.88. The van der Waals surface area contributed by atoms with E-state index in [1.54, 1.807) is 0 Å². The summed E-state index contributed by atoms with van der Waals surface area (Å²) < 4.78 is 1.12. The van der Waals surface area contributed by atoms with E-state index in [0.717, 1.165) is 4.48 Å². The second-order valence-electron chi connectivity index (χ2n) is 8.60. The molecule has 5 heteroatoms. The van der Waals surface area contributed by atoms with Gasteiger partial charge in [-0.1, -0.05) is 84.0 Å². The third-order valence-electron chi connectivity index (χ3n) is 4.54. The Bertz CT molecular complexity index is 384. The van der Waals surface area contributed by atoms with E-state index >= 15 is 0 Å². The number of hydrogen-bond acceptors (Lipinski definition) is 3.